The Balaban J connectivity index is 0.00000121. The van der Waals surface area contributed by atoms with Gasteiger partial charge in [-0.05, 0) is 49.8 Å². The molecule has 1 aromatic carbocycles. The fourth-order valence-electron chi connectivity index (χ4n) is 3.49. The van der Waals surface area contributed by atoms with Crippen LogP contribution in [0.1, 0.15) is 31.2 Å². The second kappa shape index (κ2) is 8.97. The van der Waals surface area contributed by atoms with E-state index in [-0.39, 0.29) is 24.8 Å². The summed E-state index contributed by atoms with van der Waals surface area (Å²) < 4.78 is 6.01. The third-order valence-electron chi connectivity index (χ3n) is 4.56. The van der Waals surface area contributed by atoms with E-state index in [2.05, 4.69) is 36.1 Å². The van der Waals surface area contributed by atoms with E-state index in [1.807, 2.05) is 0 Å². The predicted octanol–water partition coefficient (Wildman–Crippen LogP) is 3.42. The van der Waals surface area contributed by atoms with Gasteiger partial charge in [-0.3, -0.25) is 4.90 Å². The first-order valence-electron chi connectivity index (χ1n) is 7.90. The highest BCUT2D eigenvalue weighted by atomic mass is 35.5. The molecule has 126 valence electrons. The minimum atomic E-state index is 0. The van der Waals surface area contributed by atoms with Gasteiger partial charge in [0.25, 0.3) is 0 Å². The molecule has 0 radical (unpaired) electrons. The predicted molar refractivity (Wildman–Crippen MR) is 96.5 cm³/mol. The Hall–Kier alpha value is -0.480. The van der Waals surface area contributed by atoms with Crippen molar-refractivity contribution < 1.29 is 4.74 Å². The van der Waals surface area contributed by atoms with E-state index >= 15 is 0 Å². The van der Waals surface area contributed by atoms with Crippen molar-refractivity contribution in [2.75, 3.05) is 19.6 Å². The van der Waals surface area contributed by atoms with Gasteiger partial charge in [0.1, 0.15) is 11.9 Å². The molecule has 0 amide bonds. The van der Waals surface area contributed by atoms with Crippen molar-refractivity contribution in [2.45, 2.75) is 44.8 Å². The van der Waals surface area contributed by atoms with Crippen LogP contribution in [0.25, 0.3) is 0 Å². The number of hydrogen-bond acceptors (Lipinski definition) is 3. The number of hydrogen-bond donors (Lipinski definition) is 1. The lowest BCUT2D eigenvalue weighted by atomic mass is 9.85. The molecule has 1 aliphatic carbocycles. The molecule has 3 nitrogen and oxygen atoms in total. The van der Waals surface area contributed by atoms with Gasteiger partial charge in [-0.2, -0.15) is 0 Å². The molecular weight excluding hydrogens is 319 g/mol. The molecule has 2 fully saturated rings. The Bertz CT molecular complexity index is 452. The first kappa shape index (κ1) is 19.6. The molecule has 0 unspecified atom stereocenters. The fraction of sp³-hybridized carbons (Fsp3) is 0.647. The Morgan fingerprint density at radius 3 is 2.68 bits per heavy atom. The zero-order valence-electron chi connectivity index (χ0n) is 13.2. The molecule has 1 saturated heterocycles. The smallest absolute Gasteiger partial charge is 0.124 e. The number of nitrogens with zero attached hydrogens (tertiary/aromatic N) is 1. The summed E-state index contributed by atoms with van der Waals surface area (Å²) in [6, 6.07) is 8.77. The van der Waals surface area contributed by atoms with Crippen LogP contribution in [0.4, 0.5) is 0 Å². The van der Waals surface area contributed by atoms with Crippen molar-refractivity contribution >= 4 is 24.8 Å². The molecule has 1 heterocycles. The molecule has 2 atom stereocenters. The van der Waals surface area contributed by atoms with E-state index in [1.54, 1.807) is 0 Å². The second-order valence-electron chi connectivity index (χ2n) is 6.57. The van der Waals surface area contributed by atoms with Crippen LogP contribution in [0.5, 0.6) is 5.75 Å². The summed E-state index contributed by atoms with van der Waals surface area (Å²) in [5.41, 5.74) is 7.32. The quantitative estimate of drug-likeness (QED) is 0.907. The lowest BCUT2D eigenvalue weighted by Gasteiger charge is -2.42. The van der Waals surface area contributed by atoms with Crippen LogP contribution >= 0.6 is 24.8 Å². The molecule has 0 spiro atoms. The Kier molecular flexibility index (Phi) is 7.98. The summed E-state index contributed by atoms with van der Waals surface area (Å²) >= 11 is 0. The van der Waals surface area contributed by atoms with Crippen LogP contribution in [0.3, 0.4) is 0 Å². The lowest BCUT2D eigenvalue weighted by molar-refractivity contribution is 0.00592. The van der Waals surface area contributed by atoms with Gasteiger partial charge in [0.2, 0.25) is 0 Å². The Morgan fingerprint density at radius 1 is 1.23 bits per heavy atom. The van der Waals surface area contributed by atoms with Crippen molar-refractivity contribution in [3.63, 3.8) is 0 Å². The zero-order valence-corrected chi connectivity index (χ0v) is 14.9. The lowest BCUT2D eigenvalue weighted by Crippen LogP contribution is -2.55. The molecule has 1 aromatic rings. The van der Waals surface area contributed by atoms with Gasteiger partial charge in [0, 0.05) is 25.7 Å². The van der Waals surface area contributed by atoms with Crippen molar-refractivity contribution in [1.29, 1.82) is 0 Å². The highest BCUT2D eigenvalue weighted by Gasteiger charge is 2.31. The van der Waals surface area contributed by atoms with Gasteiger partial charge in [-0.15, -0.1) is 24.8 Å². The summed E-state index contributed by atoms with van der Waals surface area (Å²) in [6.45, 7) is 5.45. The van der Waals surface area contributed by atoms with Crippen molar-refractivity contribution in [1.82, 2.24) is 4.90 Å². The van der Waals surface area contributed by atoms with E-state index < -0.39 is 0 Å². The maximum Gasteiger partial charge on any atom is 0.124 e. The number of aryl methyl sites for hydroxylation is 1. The minimum absolute atomic E-state index is 0. The SMILES string of the molecule is Cc1cccc(OC2CN(C[C@@H]3CCC[C@H](N)C3)C2)c1.Cl.Cl. The molecule has 1 aliphatic heterocycles. The second-order valence-corrected chi connectivity index (χ2v) is 6.57. The van der Waals surface area contributed by atoms with E-state index in [4.69, 9.17) is 10.5 Å². The molecule has 2 N–H and O–H groups in total. The highest BCUT2D eigenvalue weighted by molar-refractivity contribution is 5.85. The summed E-state index contributed by atoms with van der Waals surface area (Å²) in [5.74, 6) is 1.81. The average Bonchev–Trinajstić information content (AvgIpc) is 2.36. The fourth-order valence-corrected chi connectivity index (χ4v) is 3.49. The zero-order chi connectivity index (χ0) is 13.9. The molecule has 0 bridgehead atoms. The van der Waals surface area contributed by atoms with E-state index in [0.717, 1.165) is 24.8 Å². The van der Waals surface area contributed by atoms with Gasteiger partial charge in [0.05, 0.1) is 0 Å². The van der Waals surface area contributed by atoms with Crippen LogP contribution in [0, 0.1) is 12.8 Å². The molecule has 1 saturated carbocycles. The average molecular weight is 347 g/mol. The van der Waals surface area contributed by atoms with Crippen LogP contribution in [-0.2, 0) is 0 Å². The summed E-state index contributed by atoms with van der Waals surface area (Å²) in [5, 5.41) is 0. The van der Waals surface area contributed by atoms with Crippen molar-refractivity contribution in [3.8, 4) is 5.75 Å². The van der Waals surface area contributed by atoms with E-state index in [1.165, 1.54) is 37.8 Å². The topological polar surface area (TPSA) is 38.5 Å². The third-order valence-corrected chi connectivity index (χ3v) is 4.56. The molecule has 2 aliphatic rings. The maximum absolute atomic E-state index is 6.06. The largest absolute Gasteiger partial charge is 0.488 e. The first-order chi connectivity index (χ1) is 9.69. The number of halogens is 2. The highest BCUT2D eigenvalue weighted by Crippen LogP contribution is 2.26. The van der Waals surface area contributed by atoms with Crippen LogP contribution in [0.2, 0.25) is 0 Å². The molecule has 0 aromatic heterocycles. The first-order valence-corrected chi connectivity index (χ1v) is 7.90. The van der Waals surface area contributed by atoms with Gasteiger partial charge < -0.3 is 10.5 Å². The third kappa shape index (κ3) is 5.31. The van der Waals surface area contributed by atoms with Gasteiger partial charge in [0.15, 0.2) is 0 Å². The Morgan fingerprint density at radius 2 is 2.00 bits per heavy atom. The molecular formula is C17H28Cl2N2O. The maximum atomic E-state index is 6.06. The monoisotopic (exact) mass is 346 g/mol. The van der Waals surface area contributed by atoms with E-state index in [0.29, 0.717) is 12.1 Å². The molecule has 22 heavy (non-hydrogen) atoms. The van der Waals surface area contributed by atoms with Gasteiger partial charge >= 0.3 is 0 Å². The van der Waals surface area contributed by atoms with Crippen LogP contribution in [0.15, 0.2) is 24.3 Å². The van der Waals surface area contributed by atoms with E-state index in [9.17, 15) is 0 Å². The standard InChI is InChI=1S/C17H26N2O.2ClH/c1-13-4-2-7-16(8-13)20-17-11-19(12-17)10-14-5-3-6-15(18)9-14;;/h2,4,7-8,14-15,17H,3,5-6,9-12,18H2,1H3;2*1H/t14-,15+;;/m1../s1. The molecule has 3 rings (SSSR count). The van der Waals surface area contributed by atoms with Gasteiger partial charge in [-0.25, -0.2) is 0 Å². The summed E-state index contributed by atoms with van der Waals surface area (Å²) in [6.07, 6.45) is 5.46. The number of nitrogens with two attached hydrogens (primary N) is 1. The molecule has 5 heteroatoms. The summed E-state index contributed by atoms with van der Waals surface area (Å²) in [7, 11) is 0. The van der Waals surface area contributed by atoms with Crippen molar-refractivity contribution in [3.05, 3.63) is 29.8 Å². The van der Waals surface area contributed by atoms with Crippen molar-refractivity contribution in [2.24, 2.45) is 11.7 Å². The minimum Gasteiger partial charge on any atom is -0.488 e. The number of rotatable bonds is 4. The summed E-state index contributed by atoms with van der Waals surface area (Å²) in [4.78, 5) is 2.52. The number of benzene rings is 1. The normalized spacial score (nSPS) is 25.5. The van der Waals surface area contributed by atoms with Crippen LogP contribution < -0.4 is 10.5 Å². The Labute approximate surface area is 146 Å². The number of likely N-dealkylation sites (tertiary alicyclic amines) is 1. The van der Waals surface area contributed by atoms with Crippen LogP contribution in [-0.4, -0.2) is 36.7 Å². The number of ether oxygens (including phenoxy) is 1. The van der Waals surface area contributed by atoms with Gasteiger partial charge in [-0.1, -0.05) is 18.6 Å².